The van der Waals surface area contributed by atoms with E-state index in [9.17, 15) is 5.11 Å². The van der Waals surface area contributed by atoms with Crippen LogP contribution in [0.4, 0.5) is 0 Å². The van der Waals surface area contributed by atoms with E-state index < -0.39 is 0 Å². The van der Waals surface area contributed by atoms with Gasteiger partial charge in [-0.15, -0.1) is 11.8 Å². The molecule has 1 aromatic rings. The molecule has 2 unspecified atom stereocenters. The Labute approximate surface area is 128 Å². The molecule has 2 nitrogen and oxygen atoms in total. The van der Waals surface area contributed by atoms with Crippen LogP contribution in [0.1, 0.15) is 45.2 Å². The molecule has 0 fully saturated rings. The Morgan fingerprint density at radius 1 is 1.25 bits per heavy atom. The van der Waals surface area contributed by atoms with Gasteiger partial charge in [0.2, 0.25) is 0 Å². The third-order valence-electron chi connectivity index (χ3n) is 3.38. The van der Waals surface area contributed by atoms with Gasteiger partial charge in [-0.25, -0.2) is 0 Å². The van der Waals surface area contributed by atoms with Gasteiger partial charge in [-0.05, 0) is 38.8 Å². The van der Waals surface area contributed by atoms with Crippen LogP contribution >= 0.6 is 11.8 Å². The van der Waals surface area contributed by atoms with Crippen LogP contribution in [0.3, 0.4) is 0 Å². The summed E-state index contributed by atoms with van der Waals surface area (Å²) in [5, 5.41) is 13.6. The largest absolute Gasteiger partial charge is 0.394 e. The third kappa shape index (κ3) is 5.47. The lowest BCUT2D eigenvalue weighted by Gasteiger charge is -2.33. The zero-order valence-corrected chi connectivity index (χ0v) is 14.5. The van der Waals surface area contributed by atoms with E-state index >= 15 is 0 Å². The number of thioether (sulfide) groups is 1. The second-order valence-corrected chi connectivity index (χ2v) is 7.90. The molecule has 20 heavy (non-hydrogen) atoms. The minimum Gasteiger partial charge on any atom is -0.394 e. The van der Waals surface area contributed by atoms with E-state index in [-0.39, 0.29) is 12.1 Å². The van der Waals surface area contributed by atoms with E-state index in [1.807, 2.05) is 11.8 Å². The Hall–Kier alpha value is -0.510. The van der Waals surface area contributed by atoms with Crippen LogP contribution in [-0.2, 0) is 0 Å². The number of aryl methyl sites for hydroxylation is 2. The fraction of sp³-hybridized carbons (Fsp3) is 0.647. The van der Waals surface area contributed by atoms with Gasteiger partial charge in [0.15, 0.2) is 0 Å². The van der Waals surface area contributed by atoms with Crippen molar-refractivity contribution in [2.45, 2.75) is 69.7 Å². The molecule has 0 heterocycles. The molecular weight excluding hydrogens is 266 g/mol. The lowest BCUT2D eigenvalue weighted by atomic mass is 9.96. The van der Waals surface area contributed by atoms with Gasteiger partial charge in [0, 0.05) is 21.7 Å². The summed E-state index contributed by atoms with van der Waals surface area (Å²) in [7, 11) is 0. The summed E-state index contributed by atoms with van der Waals surface area (Å²) in [6.07, 6.45) is 0.944. The SMILES string of the molecule is Cc1ccc(SC(C)CC(C)(CO)NC(C)C)c(C)c1. The first-order valence-electron chi connectivity index (χ1n) is 7.38. The topological polar surface area (TPSA) is 32.3 Å². The molecule has 114 valence electrons. The van der Waals surface area contributed by atoms with E-state index in [0.717, 1.165) is 6.42 Å². The number of hydrogen-bond acceptors (Lipinski definition) is 3. The van der Waals surface area contributed by atoms with Gasteiger partial charge in [0.25, 0.3) is 0 Å². The van der Waals surface area contributed by atoms with Crippen molar-refractivity contribution in [2.24, 2.45) is 0 Å². The van der Waals surface area contributed by atoms with E-state index in [0.29, 0.717) is 11.3 Å². The lowest BCUT2D eigenvalue weighted by molar-refractivity contribution is 0.157. The quantitative estimate of drug-likeness (QED) is 0.748. The molecule has 2 atom stereocenters. The molecule has 0 aliphatic heterocycles. The van der Waals surface area contributed by atoms with Crippen LogP contribution in [0.2, 0.25) is 0 Å². The Morgan fingerprint density at radius 3 is 2.40 bits per heavy atom. The van der Waals surface area contributed by atoms with Crippen molar-refractivity contribution in [1.29, 1.82) is 0 Å². The lowest BCUT2D eigenvalue weighted by Crippen LogP contribution is -2.50. The first-order valence-corrected chi connectivity index (χ1v) is 8.26. The molecule has 0 aliphatic rings. The molecule has 1 rings (SSSR count). The van der Waals surface area contributed by atoms with E-state index in [1.54, 1.807) is 0 Å². The van der Waals surface area contributed by atoms with E-state index in [1.165, 1.54) is 16.0 Å². The van der Waals surface area contributed by atoms with Crippen molar-refractivity contribution < 1.29 is 5.11 Å². The zero-order valence-electron chi connectivity index (χ0n) is 13.7. The first kappa shape index (κ1) is 17.5. The maximum Gasteiger partial charge on any atom is 0.0611 e. The van der Waals surface area contributed by atoms with Gasteiger partial charge in [-0.3, -0.25) is 0 Å². The highest BCUT2D eigenvalue weighted by Gasteiger charge is 2.26. The standard InChI is InChI=1S/C17H29NOS/c1-12(2)18-17(6,11-19)10-15(5)20-16-8-7-13(3)9-14(16)4/h7-9,12,15,18-19H,10-11H2,1-6H3. The number of benzene rings is 1. The third-order valence-corrected chi connectivity index (χ3v) is 4.66. The maximum atomic E-state index is 9.67. The van der Waals surface area contributed by atoms with Crippen LogP contribution in [0, 0.1) is 13.8 Å². The molecule has 0 radical (unpaired) electrons. The van der Waals surface area contributed by atoms with Crippen molar-refractivity contribution in [3.8, 4) is 0 Å². The van der Waals surface area contributed by atoms with E-state index in [4.69, 9.17) is 0 Å². The molecule has 0 amide bonds. The average molecular weight is 295 g/mol. The number of aliphatic hydroxyl groups is 1. The molecule has 0 aromatic heterocycles. The monoisotopic (exact) mass is 295 g/mol. The number of nitrogens with one attached hydrogen (secondary N) is 1. The number of aliphatic hydroxyl groups excluding tert-OH is 1. The average Bonchev–Trinajstić information content (AvgIpc) is 2.31. The highest BCUT2D eigenvalue weighted by Crippen LogP contribution is 2.31. The van der Waals surface area contributed by atoms with Crippen LogP contribution in [-0.4, -0.2) is 28.5 Å². The summed E-state index contributed by atoms with van der Waals surface area (Å²) < 4.78 is 0. The molecular formula is C17H29NOS. The highest BCUT2D eigenvalue weighted by molar-refractivity contribution is 8.00. The Morgan fingerprint density at radius 2 is 1.90 bits per heavy atom. The summed E-state index contributed by atoms with van der Waals surface area (Å²) in [6, 6.07) is 6.98. The van der Waals surface area contributed by atoms with Crippen LogP contribution < -0.4 is 5.32 Å². The fourth-order valence-electron chi connectivity index (χ4n) is 2.69. The normalized spacial score (nSPS) is 16.2. The molecule has 0 saturated carbocycles. The van der Waals surface area contributed by atoms with Gasteiger partial charge in [-0.1, -0.05) is 38.5 Å². The Balaban J connectivity index is 2.68. The maximum absolute atomic E-state index is 9.67. The Bertz CT molecular complexity index is 433. The van der Waals surface area contributed by atoms with Crippen LogP contribution in [0.15, 0.2) is 23.1 Å². The van der Waals surface area contributed by atoms with Crippen molar-refractivity contribution >= 4 is 11.8 Å². The van der Waals surface area contributed by atoms with Gasteiger partial charge in [0.05, 0.1) is 6.61 Å². The number of hydrogen-bond donors (Lipinski definition) is 2. The highest BCUT2D eigenvalue weighted by atomic mass is 32.2. The second kappa shape index (κ2) is 7.48. The summed E-state index contributed by atoms with van der Waals surface area (Å²) in [6.45, 7) is 13.0. The molecule has 0 spiro atoms. The summed E-state index contributed by atoms with van der Waals surface area (Å²) in [4.78, 5) is 1.34. The van der Waals surface area contributed by atoms with Crippen LogP contribution in [0.25, 0.3) is 0 Å². The smallest absolute Gasteiger partial charge is 0.0611 e. The summed E-state index contributed by atoms with van der Waals surface area (Å²) in [5.74, 6) is 0. The molecule has 0 aliphatic carbocycles. The van der Waals surface area contributed by atoms with Crippen molar-refractivity contribution in [1.82, 2.24) is 5.32 Å². The van der Waals surface area contributed by atoms with Gasteiger partial charge < -0.3 is 10.4 Å². The van der Waals surface area contributed by atoms with Crippen molar-refractivity contribution in [3.63, 3.8) is 0 Å². The second-order valence-electron chi connectivity index (χ2n) is 6.42. The van der Waals surface area contributed by atoms with Gasteiger partial charge in [-0.2, -0.15) is 0 Å². The fourth-order valence-corrected chi connectivity index (χ4v) is 3.97. The van der Waals surface area contributed by atoms with Gasteiger partial charge in [0.1, 0.15) is 0 Å². The molecule has 0 saturated heterocycles. The minimum absolute atomic E-state index is 0.170. The minimum atomic E-state index is -0.209. The van der Waals surface area contributed by atoms with E-state index in [2.05, 4.69) is 65.1 Å². The van der Waals surface area contributed by atoms with Gasteiger partial charge >= 0.3 is 0 Å². The molecule has 3 heteroatoms. The first-order chi connectivity index (χ1) is 9.25. The van der Waals surface area contributed by atoms with Crippen LogP contribution in [0.5, 0.6) is 0 Å². The predicted octanol–water partition coefficient (Wildman–Crippen LogP) is 3.92. The predicted molar refractivity (Wildman–Crippen MR) is 89.6 cm³/mol. The summed E-state index contributed by atoms with van der Waals surface area (Å²) in [5.41, 5.74) is 2.43. The zero-order chi connectivity index (χ0) is 15.3. The molecule has 1 aromatic carbocycles. The number of rotatable bonds is 7. The molecule has 0 bridgehead atoms. The summed E-state index contributed by atoms with van der Waals surface area (Å²) >= 11 is 1.90. The van der Waals surface area contributed by atoms with Crippen molar-refractivity contribution in [3.05, 3.63) is 29.3 Å². The molecule has 2 N–H and O–H groups in total. The van der Waals surface area contributed by atoms with Crippen molar-refractivity contribution in [2.75, 3.05) is 6.61 Å². The Kier molecular flexibility index (Phi) is 6.56.